The number of pyridine rings is 1. The van der Waals surface area contributed by atoms with Crippen LogP contribution >= 0.6 is 12.2 Å². The Hall–Kier alpha value is -1.96. The Kier molecular flexibility index (Phi) is 9.08. The molecule has 0 amide bonds. The van der Waals surface area contributed by atoms with E-state index >= 15 is 0 Å². The molecular formula is C25H38N4O2S. The molecule has 7 heteroatoms. The number of nitrogens with one attached hydrogen (secondary N) is 2. The molecule has 2 N–H and O–H groups in total. The lowest BCUT2D eigenvalue weighted by Gasteiger charge is -2.28. The standard InChI is InChI=1S/C25H38N4O2S/c1-5-28(6-2)13-8-12-26-25(32)29(17-22-9-7-14-31-22)16-21-15-20-11-10-18(3)19(4)23(20)27-24(21)30/h10-11,15,22H,5-9,12-14,16-17H2,1-4H3,(H,26,32)(H,27,30). The lowest BCUT2D eigenvalue weighted by atomic mass is 10.0. The van der Waals surface area contributed by atoms with Crippen molar-refractivity contribution in [2.75, 3.05) is 39.3 Å². The Bertz CT molecular complexity index is 964. The minimum atomic E-state index is -0.0483. The summed E-state index contributed by atoms with van der Waals surface area (Å²) < 4.78 is 5.87. The average Bonchev–Trinajstić information content (AvgIpc) is 3.30. The van der Waals surface area contributed by atoms with Crippen LogP contribution in [0.25, 0.3) is 10.9 Å². The second kappa shape index (κ2) is 11.8. The van der Waals surface area contributed by atoms with Crippen molar-refractivity contribution >= 4 is 28.2 Å². The van der Waals surface area contributed by atoms with Gasteiger partial charge in [-0.2, -0.15) is 0 Å². The zero-order valence-corrected chi connectivity index (χ0v) is 20.8. The topological polar surface area (TPSA) is 60.6 Å². The summed E-state index contributed by atoms with van der Waals surface area (Å²) in [7, 11) is 0. The molecule has 0 bridgehead atoms. The van der Waals surface area contributed by atoms with Gasteiger partial charge < -0.3 is 24.8 Å². The summed E-state index contributed by atoms with van der Waals surface area (Å²) in [4.78, 5) is 20.5. The van der Waals surface area contributed by atoms with Crippen molar-refractivity contribution in [3.63, 3.8) is 0 Å². The molecule has 1 aliphatic heterocycles. The molecular weight excluding hydrogens is 420 g/mol. The van der Waals surface area contributed by atoms with E-state index in [-0.39, 0.29) is 11.7 Å². The average molecular weight is 459 g/mol. The van der Waals surface area contributed by atoms with Gasteiger partial charge in [0.2, 0.25) is 0 Å². The van der Waals surface area contributed by atoms with Crippen molar-refractivity contribution in [2.24, 2.45) is 0 Å². The minimum absolute atomic E-state index is 0.0483. The molecule has 1 aromatic carbocycles. The number of rotatable bonds is 10. The predicted octanol–water partition coefficient (Wildman–Crippen LogP) is 3.73. The quantitative estimate of drug-likeness (QED) is 0.418. The molecule has 1 aromatic heterocycles. The highest BCUT2D eigenvalue weighted by Crippen LogP contribution is 2.20. The summed E-state index contributed by atoms with van der Waals surface area (Å²) >= 11 is 5.76. The number of hydrogen-bond acceptors (Lipinski definition) is 4. The Morgan fingerprint density at radius 2 is 2.06 bits per heavy atom. The molecule has 0 radical (unpaired) electrons. The zero-order chi connectivity index (χ0) is 23.1. The zero-order valence-electron chi connectivity index (χ0n) is 20.0. The van der Waals surface area contributed by atoms with E-state index in [1.165, 1.54) is 5.56 Å². The van der Waals surface area contributed by atoms with Crippen molar-refractivity contribution in [1.29, 1.82) is 0 Å². The first kappa shape index (κ1) is 24.7. The summed E-state index contributed by atoms with van der Waals surface area (Å²) in [6, 6.07) is 6.18. The van der Waals surface area contributed by atoms with Gasteiger partial charge in [0.15, 0.2) is 5.11 Å². The number of nitrogens with zero attached hydrogens (tertiary/aromatic N) is 2. The summed E-state index contributed by atoms with van der Waals surface area (Å²) in [5.74, 6) is 0. The van der Waals surface area contributed by atoms with Crippen LogP contribution in [0.5, 0.6) is 0 Å². The van der Waals surface area contributed by atoms with E-state index in [0.717, 1.165) is 74.1 Å². The van der Waals surface area contributed by atoms with Crippen LogP contribution in [0.2, 0.25) is 0 Å². The van der Waals surface area contributed by atoms with E-state index in [1.54, 1.807) is 0 Å². The third-order valence-electron chi connectivity index (χ3n) is 6.55. The van der Waals surface area contributed by atoms with Crippen molar-refractivity contribution in [3.05, 3.63) is 45.2 Å². The number of H-pyrrole nitrogens is 1. The second-order valence-electron chi connectivity index (χ2n) is 8.72. The molecule has 3 rings (SSSR count). The number of fused-ring (bicyclic) bond motifs is 1. The van der Waals surface area contributed by atoms with Gasteiger partial charge in [-0.3, -0.25) is 4.79 Å². The largest absolute Gasteiger partial charge is 0.376 e. The number of aromatic amines is 1. The predicted molar refractivity (Wildman–Crippen MR) is 136 cm³/mol. The minimum Gasteiger partial charge on any atom is -0.376 e. The first-order valence-electron chi connectivity index (χ1n) is 11.9. The number of benzene rings is 1. The van der Waals surface area contributed by atoms with Crippen LogP contribution in [0.3, 0.4) is 0 Å². The maximum absolute atomic E-state index is 12.9. The molecule has 0 saturated carbocycles. The van der Waals surface area contributed by atoms with Crippen molar-refractivity contribution in [1.82, 2.24) is 20.1 Å². The highest BCUT2D eigenvalue weighted by Gasteiger charge is 2.22. The van der Waals surface area contributed by atoms with Crippen molar-refractivity contribution < 1.29 is 4.74 Å². The van der Waals surface area contributed by atoms with Gasteiger partial charge in [0, 0.05) is 25.3 Å². The lowest BCUT2D eigenvalue weighted by Crippen LogP contribution is -2.44. The van der Waals surface area contributed by atoms with Crippen LogP contribution in [0.15, 0.2) is 23.0 Å². The Balaban J connectivity index is 1.72. The molecule has 0 spiro atoms. The van der Waals surface area contributed by atoms with Crippen LogP contribution in [0.4, 0.5) is 0 Å². The number of ether oxygens (including phenoxy) is 1. The van der Waals surface area contributed by atoms with Gasteiger partial charge in [0.25, 0.3) is 5.56 Å². The first-order chi connectivity index (χ1) is 15.4. The highest BCUT2D eigenvalue weighted by atomic mass is 32.1. The highest BCUT2D eigenvalue weighted by molar-refractivity contribution is 7.80. The molecule has 1 atom stereocenters. The van der Waals surface area contributed by atoms with Crippen LogP contribution in [0.1, 0.15) is 49.8 Å². The van der Waals surface area contributed by atoms with E-state index in [1.807, 2.05) is 13.0 Å². The van der Waals surface area contributed by atoms with Crippen molar-refractivity contribution in [3.8, 4) is 0 Å². The summed E-state index contributed by atoms with van der Waals surface area (Å²) in [6.07, 6.45) is 3.31. The SMILES string of the molecule is CCN(CC)CCCNC(=S)N(Cc1cc2ccc(C)c(C)c2[nH]c1=O)CC1CCCO1. The van der Waals surface area contributed by atoms with Crippen LogP contribution in [-0.4, -0.2) is 65.3 Å². The van der Waals surface area contributed by atoms with E-state index in [4.69, 9.17) is 17.0 Å². The fourth-order valence-corrected chi connectivity index (χ4v) is 4.54. The van der Waals surface area contributed by atoms with E-state index < -0.39 is 0 Å². The van der Waals surface area contributed by atoms with Gasteiger partial charge in [-0.15, -0.1) is 0 Å². The fourth-order valence-electron chi connectivity index (χ4n) is 4.30. The molecule has 1 fully saturated rings. The molecule has 176 valence electrons. The lowest BCUT2D eigenvalue weighted by molar-refractivity contribution is 0.0896. The molecule has 1 saturated heterocycles. The van der Waals surface area contributed by atoms with Gasteiger partial charge in [-0.25, -0.2) is 0 Å². The maximum Gasteiger partial charge on any atom is 0.253 e. The Morgan fingerprint density at radius 1 is 1.28 bits per heavy atom. The maximum atomic E-state index is 12.9. The van der Waals surface area contributed by atoms with Crippen LogP contribution in [0, 0.1) is 13.8 Å². The van der Waals surface area contributed by atoms with E-state index in [2.05, 4.69) is 53.0 Å². The van der Waals surface area contributed by atoms with Crippen LogP contribution in [-0.2, 0) is 11.3 Å². The second-order valence-corrected chi connectivity index (χ2v) is 9.11. The summed E-state index contributed by atoms with van der Waals surface area (Å²) in [5.41, 5.74) is 3.89. The van der Waals surface area contributed by atoms with E-state index in [9.17, 15) is 4.79 Å². The first-order valence-corrected chi connectivity index (χ1v) is 12.3. The number of aryl methyl sites for hydroxylation is 2. The van der Waals surface area contributed by atoms with Crippen LogP contribution < -0.4 is 10.9 Å². The number of aromatic nitrogens is 1. The van der Waals surface area contributed by atoms with Gasteiger partial charge >= 0.3 is 0 Å². The molecule has 6 nitrogen and oxygen atoms in total. The molecule has 2 heterocycles. The third kappa shape index (κ3) is 6.30. The van der Waals surface area contributed by atoms with Gasteiger partial charge in [0.1, 0.15) is 0 Å². The monoisotopic (exact) mass is 458 g/mol. The molecule has 1 unspecified atom stereocenters. The Morgan fingerprint density at radius 3 is 2.75 bits per heavy atom. The summed E-state index contributed by atoms with van der Waals surface area (Å²) in [6.45, 7) is 14.5. The molecule has 2 aromatic rings. The molecule has 0 aliphatic carbocycles. The molecule has 32 heavy (non-hydrogen) atoms. The fraction of sp³-hybridized carbons (Fsp3) is 0.600. The van der Waals surface area contributed by atoms with Crippen molar-refractivity contribution in [2.45, 2.75) is 59.6 Å². The smallest absolute Gasteiger partial charge is 0.253 e. The van der Waals surface area contributed by atoms with E-state index in [0.29, 0.717) is 18.2 Å². The van der Waals surface area contributed by atoms with Gasteiger partial charge in [0.05, 0.1) is 18.2 Å². The normalized spacial score (nSPS) is 16.1. The number of hydrogen-bond donors (Lipinski definition) is 2. The number of thiocarbonyl (C=S) groups is 1. The van der Waals surface area contributed by atoms with Gasteiger partial charge in [-0.05, 0) is 87.5 Å². The molecule has 1 aliphatic rings. The summed E-state index contributed by atoms with van der Waals surface area (Å²) in [5, 5.41) is 5.16. The Labute approximate surface area is 197 Å². The third-order valence-corrected chi connectivity index (χ3v) is 6.95. The van der Waals surface area contributed by atoms with Gasteiger partial charge in [-0.1, -0.05) is 26.0 Å².